The molecule has 1 atom stereocenters. The molecule has 0 radical (unpaired) electrons. The van der Waals surface area contributed by atoms with Crippen LogP contribution in [0.5, 0.6) is 0 Å². The standard InChI is InChI=1S/C43H67N3O13/c1-2-3-4-5-6-7-8-9-12-18-39(49)59-33-32-58-31-30-57-29-28-56-27-26-55-25-24-54-23-22-53-21-13-10-11-17-37(47)44-35-16-14-15-34-40(35)43(52)46(42(34)51)36-19-20-38(48)45-41(36)50/h14-16,36H,2-13,17-33H2,1H3,(H,44,47)(H,45,48,50). The van der Waals surface area contributed by atoms with E-state index >= 15 is 0 Å². The van der Waals surface area contributed by atoms with E-state index in [2.05, 4.69) is 17.6 Å². The lowest BCUT2D eigenvalue weighted by atomic mass is 10.0. The number of fused-ring (bicyclic) bond motifs is 1. The Kier molecular flexibility index (Phi) is 26.1. The van der Waals surface area contributed by atoms with Gasteiger partial charge in [-0.05, 0) is 37.8 Å². The summed E-state index contributed by atoms with van der Waals surface area (Å²) < 4.78 is 38.3. The summed E-state index contributed by atoms with van der Waals surface area (Å²) in [5, 5.41) is 4.91. The summed E-state index contributed by atoms with van der Waals surface area (Å²) in [6.07, 6.45) is 13.9. The Labute approximate surface area is 349 Å². The average molecular weight is 834 g/mol. The van der Waals surface area contributed by atoms with Gasteiger partial charge in [0.2, 0.25) is 17.7 Å². The molecule has 0 saturated carbocycles. The first-order valence-electron chi connectivity index (χ1n) is 21.6. The highest BCUT2D eigenvalue weighted by molar-refractivity contribution is 6.26. The zero-order chi connectivity index (χ0) is 42.3. The molecule has 1 fully saturated rings. The molecule has 1 aromatic carbocycles. The lowest BCUT2D eigenvalue weighted by molar-refractivity contribution is -0.145. The van der Waals surface area contributed by atoms with Crippen LogP contribution in [0.15, 0.2) is 18.2 Å². The molecule has 2 heterocycles. The van der Waals surface area contributed by atoms with E-state index in [0.717, 1.165) is 30.6 Å². The summed E-state index contributed by atoms with van der Waals surface area (Å²) in [6, 6.07) is 3.53. The molecular formula is C43H67N3O13. The molecule has 3 rings (SSSR count). The number of carbonyl (C=O) groups excluding carboxylic acids is 6. The average Bonchev–Trinajstić information content (AvgIpc) is 3.47. The van der Waals surface area contributed by atoms with E-state index in [4.69, 9.17) is 33.2 Å². The zero-order valence-corrected chi connectivity index (χ0v) is 35.1. The Morgan fingerprint density at radius 1 is 0.627 bits per heavy atom. The second-order valence-electron chi connectivity index (χ2n) is 14.5. The molecule has 0 aliphatic carbocycles. The van der Waals surface area contributed by atoms with Gasteiger partial charge in [-0.15, -0.1) is 0 Å². The van der Waals surface area contributed by atoms with Crippen LogP contribution in [0.2, 0.25) is 0 Å². The van der Waals surface area contributed by atoms with E-state index in [1.54, 1.807) is 12.1 Å². The van der Waals surface area contributed by atoms with Gasteiger partial charge in [0.15, 0.2) is 0 Å². The van der Waals surface area contributed by atoms with Crippen LogP contribution in [0.4, 0.5) is 5.69 Å². The molecule has 1 saturated heterocycles. The van der Waals surface area contributed by atoms with Gasteiger partial charge in [-0.2, -0.15) is 0 Å². The number of imide groups is 2. The minimum atomic E-state index is -1.07. The summed E-state index contributed by atoms with van der Waals surface area (Å²) >= 11 is 0. The van der Waals surface area contributed by atoms with Crippen molar-refractivity contribution in [3.63, 3.8) is 0 Å². The number of benzene rings is 1. The summed E-state index contributed by atoms with van der Waals surface area (Å²) in [5.41, 5.74) is 0.382. The van der Waals surface area contributed by atoms with Gasteiger partial charge in [0.05, 0.1) is 89.5 Å². The Hall–Kier alpha value is -3.80. The fourth-order valence-corrected chi connectivity index (χ4v) is 6.57. The van der Waals surface area contributed by atoms with E-state index in [0.29, 0.717) is 92.1 Å². The Morgan fingerprint density at radius 3 is 1.71 bits per heavy atom. The predicted octanol–water partition coefficient (Wildman–Crippen LogP) is 5.15. The van der Waals surface area contributed by atoms with Crippen molar-refractivity contribution in [3.05, 3.63) is 29.3 Å². The third kappa shape index (κ3) is 20.3. The topological polar surface area (TPSA) is 194 Å². The van der Waals surface area contributed by atoms with E-state index in [-0.39, 0.29) is 54.6 Å². The molecule has 1 aromatic rings. The third-order valence-electron chi connectivity index (χ3n) is 9.77. The number of amides is 5. The molecule has 332 valence electrons. The van der Waals surface area contributed by atoms with Crippen LogP contribution < -0.4 is 10.6 Å². The van der Waals surface area contributed by atoms with Crippen molar-refractivity contribution in [1.29, 1.82) is 0 Å². The summed E-state index contributed by atoms with van der Waals surface area (Å²) in [4.78, 5) is 75.4. The van der Waals surface area contributed by atoms with E-state index in [1.807, 2.05) is 0 Å². The zero-order valence-electron chi connectivity index (χ0n) is 35.1. The van der Waals surface area contributed by atoms with Crippen LogP contribution >= 0.6 is 0 Å². The van der Waals surface area contributed by atoms with Crippen molar-refractivity contribution >= 4 is 41.2 Å². The summed E-state index contributed by atoms with van der Waals surface area (Å²) in [6.45, 7) is 7.85. The van der Waals surface area contributed by atoms with E-state index in [1.165, 1.54) is 51.0 Å². The second kappa shape index (κ2) is 31.1. The van der Waals surface area contributed by atoms with Gasteiger partial charge in [0.25, 0.3) is 11.8 Å². The number of nitrogens with zero attached hydrogens (tertiary/aromatic N) is 1. The largest absolute Gasteiger partial charge is 0.463 e. The van der Waals surface area contributed by atoms with Crippen LogP contribution in [0.3, 0.4) is 0 Å². The minimum absolute atomic E-state index is 0.0281. The number of piperidine rings is 1. The maximum absolute atomic E-state index is 13.2. The molecule has 2 N–H and O–H groups in total. The lowest BCUT2D eigenvalue weighted by Crippen LogP contribution is -2.54. The number of unbranched alkanes of at least 4 members (excludes halogenated alkanes) is 10. The van der Waals surface area contributed by atoms with Gasteiger partial charge in [-0.25, -0.2) is 0 Å². The molecular weight excluding hydrogens is 766 g/mol. The van der Waals surface area contributed by atoms with Gasteiger partial charge in [0.1, 0.15) is 12.6 Å². The van der Waals surface area contributed by atoms with Crippen molar-refractivity contribution in [2.75, 3.05) is 91.2 Å². The van der Waals surface area contributed by atoms with Crippen LogP contribution in [-0.2, 0) is 52.3 Å². The number of hydrogen-bond donors (Lipinski definition) is 2. The molecule has 2 aliphatic heterocycles. The number of rotatable bonds is 36. The van der Waals surface area contributed by atoms with Crippen molar-refractivity contribution in [2.45, 2.75) is 116 Å². The van der Waals surface area contributed by atoms with Gasteiger partial charge < -0.3 is 38.5 Å². The molecule has 0 aromatic heterocycles. The number of esters is 1. The van der Waals surface area contributed by atoms with Crippen molar-refractivity contribution < 1.29 is 61.9 Å². The molecule has 0 spiro atoms. The van der Waals surface area contributed by atoms with Crippen molar-refractivity contribution in [1.82, 2.24) is 10.2 Å². The van der Waals surface area contributed by atoms with E-state index in [9.17, 15) is 28.8 Å². The molecule has 16 heteroatoms. The highest BCUT2D eigenvalue weighted by Crippen LogP contribution is 2.32. The molecule has 16 nitrogen and oxygen atoms in total. The van der Waals surface area contributed by atoms with E-state index < -0.39 is 29.7 Å². The highest BCUT2D eigenvalue weighted by atomic mass is 16.6. The molecule has 2 aliphatic rings. The SMILES string of the molecule is CCCCCCCCCCCC(=O)OCCOCCOCCOCCOCCOCCOCCCCCC(=O)Nc1cccc2c1C(=O)N(C1CCC(=O)NC1=O)C2=O. The monoisotopic (exact) mass is 833 g/mol. The summed E-state index contributed by atoms with van der Waals surface area (Å²) in [7, 11) is 0. The van der Waals surface area contributed by atoms with Gasteiger partial charge in [-0.3, -0.25) is 39.0 Å². The minimum Gasteiger partial charge on any atom is -0.463 e. The number of anilines is 1. The quantitative estimate of drug-likeness (QED) is 0.0513. The van der Waals surface area contributed by atoms with Crippen LogP contribution in [0.25, 0.3) is 0 Å². The highest BCUT2D eigenvalue weighted by Gasteiger charge is 2.45. The van der Waals surface area contributed by atoms with Crippen LogP contribution in [0.1, 0.15) is 130 Å². The smallest absolute Gasteiger partial charge is 0.305 e. The van der Waals surface area contributed by atoms with Gasteiger partial charge >= 0.3 is 5.97 Å². The Bertz CT molecular complexity index is 1420. The van der Waals surface area contributed by atoms with Crippen LogP contribution in [-0.4, -0.2) is 132 Å². The molecule has 59 heavy (non-hydrogen) atoms. The van der Waals surface area contributed by atoms with Crippen molar-refractivity contribution in [3.8, 4) is 0 Å². The second-order valence-corrected chi connectivity index (χ2v) is 14.5. The maximum atomic E-state index is 13.2. The first-order valence-corrected chi connectivity index (χ1v) is 21.6. The molecule has 5 amide bonds. The fraction of sp³-hybridized carbons (Fsp3) is 0.721. The Balaban J connectivity index is 1.03. The first kappa shape index (κ1) is 49.6. The molecule has 0 bridgehead atoms. The normalized spacial score (nSPS) is 15.1. The fourth-order valence-electron chi connectivity index (χ4n) is 6.57. The lowest BCUT2D eigenvalue weighted by Gasteiger charge is -2.27. The maximum Gasteiger partial charge on any atom is 0.305 e. The van der Waals surface area contributed by atoms with Crippen molar-refractivity contribution in [2.24, 2.45) is 0 Å². The predicted molar refractivity (Wildman–Crippen MR) is 218 cm³/mol. The summed E-state index contributed by atoms with van der Waals surface area (Å²) in [5.74, 6) is -2.87. The number of carbonyl (C=O) groups is 6. The van der Waals surface area contributed by atoms with Gasteiger partial charge in [0, 0.05) is 25.9 Å². The number of nitrogens with one attached hydrogen (secondary N) is 2. The molecule has 1 unspecified atom stereocenters. The van der Waals surface area contributed by atoms with Gasteiger partial charge in [-0.1, -0.05) is 70.8 Å². The number of hydrogen-bond acceptors (Lipinski definition) is 13. The third-order valence-corrected chi connectivity index (χ3v) is 9.77. The first-order chi connectivity index (χ1) is 28.8. The van der Waals surface area contributed by atoms with Crippen LogP contribution in [0, 0.1) is 0 Å². The number of ether oxygens (including phenoxy) is 7. The Morgan fingerprint density at radius 2 is 1.14 bits per heavy atom.